The smallest absolute Gasteiger partial charge is 0.126 e. The molecule has 2 nitrogen and oxygen atoms in total. The first-order valence-electron chi connectivity index (χ1n) is 6.31. The van der Waals surface area contributed by atoms with E-state index in [1.54, 1.807) is 19.1 Å². The Morgan fingerprint density at radius 1 is 1.16 bits per heavy atom. The molecule has 0 saturated carbocycles. The van der Waals surface area contributed by atoms with E-state index in [1.807, 2.05) is 30.3 Å². The highest BCUT2D eigenvalue weighted by molar-refractivity contribution is 5.27. The van der Waals surface area contributed by atoms with E-state index >= 15 is 0 Å². The Bertz CT molecular complexity index is 542. The van der Waals surface area contributed by atoms with Crippen LogP contribution in [-0.4, -0.2) is 11.1 Å². The van der Waals surface area contributed by atoms with Gasteiger partial charge in [-0.3, -0.25) is 0 Å². The lowest BCUT2D eigenvalue weighted by Gasteiger charge is -2.19. The molecule has 0 aliphatic carbocycles. The van der Waals surface area contributed by atoms with Crippen molar-refractivity contribution in [1.29, 1.82) is 0 Å². The number of rotatable bonds is 4. The van der Waals surface area contributed by atoms with Gasteiger partial charge in [-0.1, -0.05) is 42.5 Å². The SMILES string of the molecule is Cc1cc(C(O)C(N)Cc2ccccc2)ccc1F. The lowest BCUT2D eigenvalue weighted by atomic mass is 9.96. The normalized spacial score (nSPS) is 14.1. The second-order valence-electron chi connectivity index (χ2n) is 4.81. The van der Waals surface area contributed by atoms with Crippen LogP contribution >= 0.6 is 0 Å². The predicted octanol–water partition coefficient (Wildman–Crippen LogP) is 2.74. The number of benzene rings is 2. The fourth-order valence-corrected chi connectivity index (χ4v) is 2.10. The molecule has 0 aliphatic heterocycles. The summed E-state index contributed by atoms with van der Waals surface area (Å²) in [7, 11) is 0. The Morgan fingerprint density at radius 2 is 1.84 bits per heavy atom. The van der Waals surface area contributed by atoms with E-state index in [2.05, 4.69) is 0 Å². The van der Waals surface area contributed by atoms with Gasteiger partial charge in [0, 0.05) is 6.04 Å². The zero-order valence-corrected chi connectivity index (χ0v) is 10.9. The molecule has 0 fully saturated rings. The van der Waals surface area contributed by atoms with E-state index in [1.165, 1.54) is 6.07 Å². The highest BCUT2D eigenvalue weighted by Crippen LogP contribution is 2.20. The molecule has 100 valence electrons. The summed E-state index contributed by atoms with van der Waals surface area (Å²) in [4.78, 5) is 0. The third kappa shape index (κ3) is 3.40. The number of aliphatic hydroxyl groups excluding tert-OH is 1. The molecule has 3 N–H and O–H groups in total. The number of nitrogens with two attached hydrogens (primary N) is 1. The van der Waals surface area contributed by atoms with Crippen LogP contribution in [0.25, 0.3) is 0 Å². The molecule has 0 saturated heterocycles. The van der Waals surface area contributed by atoms with Crippen molar-refractivity contribution in [3.63, 3.8) is 0 Å². The number of hydrogen-bond donors (Lipinski definition) is 2. The fourth-order valence-electron chi connectivity index (χ4n) is 2.10. The van der Waals surface area contributed by atoms with Crippen LogP contribution in [0.15, 0.2) is 48.5 Å². The maximum Gasteiger partial charge on any atom is 0.126 e. The molecule has 0 amide bonds. The first-order valence-corrected chi connectivity index (χ1v) is 6.31. The number of aliphatic hydroxyl groups is 1. The summed E-state index contributed by atoms with van der Waals surface area (Å²) in [5.74, 6) is -0.271. The van der Waals surface area contributed by atoms with Crippen LogP contribution in [0.1, 0.15) is 22.8 Å². The monoisotopic (exact) mass is 259 g/mol. The molecule has 2 unspecified atom stereocenters. The fraction of sp³-hybridized carbons (Fsp3) is 0.250. The molecular formula is C16H18FNO. The molecular weight excluding hydrogens is 241 g/mol. The quantitative estimate of drug-likeness (QED) is 0.887. The molecule has 2 aromatic rings. The van der Waals surface area contributed by atoms with Crippen molar-refractivity contribution in [1.82, 2.24) is 0 Å². The van der Waals surface area contributed by atoms with Gasteiger partial charge in [0.15, 0.2) is 0 Å². The van der Waals surface area contributed by atoms with E-state index in [0.29, 0.717) is 17.5 Å². The summed E-state index contributed by atoms with van der Waals surface area (Å²) in [6.45, 7) is 1.67. The Hall–Kier alpha value is -1.71. The Morgan fingerprint density at radius 3 is 2.47 bits per heavy atom. The Balaban J connectivity index is 2.10. The number of hydrogen-bond acceptors (Lipinski definition) is 2. The summed E-state index contributed by atoms with van der Waals surface area (Å²) < 4.78 is 13.2. The summed E-state index contributed by atoms with van der Waals surface area (Å²) in [5, 5.41) is 10.2. The van der Waals surface area contributed by atoms with Gasteiger partial charge in [0.05, 0.1) is 6.10 Å². The van der Waals surface area contributed by atoms with Crippen LogP contribution in [-0.2, 0) is 6.42 Å². The molecule has 0 radical (unpaired) electrons. The highest BCUT2D eigenvalue weighted by atomic mass is 19.1. The van der Waals surface area contributed by atoms with E-state index < -0.39 is 12.1 Å². The molecule has 2 aromatic carbocycles. The highest BCUT2D eigenvalue weighted by Gasteiger charge is 2.18. The van der Waals surface area contributed by atoms with Crippen molar-refractivity contribution < 1.29 is 9.50 Å². The molecule has 3 heteroatoms. The lowest BCUT2D eigenvalue weighted by Crippen LogP contribution is -2.30. The standard InChI is InChI=1S/C16H18FNO/c1-11-9-13(7-8-14(11)17)16(19)15(18)10-12-5-3-2-4-6-12/h2-9,15-16,19H,10,18H2,1H3. The second-order valence-corrected chi connectivity index (χ2v) is 4.81. The second kappa shape index (κ2) is 5.95. The van der Waals surface area contributed by atoms with Crippen LogP contribution in [0.3, 0.4) is 0 Å². The zero-order valence-electron chi connectivity index (χ0n) is 10.9. The van der Waals surface area contributed by atoms with Crippen molar-refractivity contribution >= 4 is 0 Å². The van der Waals surface area contributed by atoms with Gasteiger partial charge >= 0.3 is 0 Å². The van der Waals surface area contributed by atoms with E-state index in [0.717, 1.165) is 5.56 Å². The van der Waals surface area contributed by atoms with Gasteiger partial charge in [-0.05, 0) is 36.1 Å². The summed E-state index contributed by atoms with van der Waals surface area (Å²) in [5.41, 5.74) is 8.27. The summed E-state index contributed by atoms with van der Waals surface area (Å²) in [6.07, 6.45) is -0.210. The molecule has 2 rings (SSSR count). The molecule has 0 aliphatic rings. The maximum atomic E-state index is 13.2. The van der Waals surface area contributed by atoms with Crippen LogP contribution in [0.4, 0.5) is 4.39 Å². The van der Waals surface area contributed by atoms with Crippen LogP contribution in [0, 0.1) is 12.7 Å². The summed E-state index contributed by atoms with van der Waals surface area (Å²) in [6, 6.07) is 13.9. The van der Waals surface area contributed by atoms with E-state index in [9.17, 15) is 9.50 Å². The van der Waals surface area contributed by atoms with E-state index in [4.69, 9.17) is 5.73 Å². The number of aryl methyl sites for hydroxylation is 1. The third-order valence-electron chi connectivity index (χ3n) is 3.24. The van der Waals surface area contributed by atoms with Gasteiger partial charge in [-0.25, -0.2) is 4.39 Å². The first kappa shape index (κ1) is 13.7. The van der Waals surface area contributed by atoms with Crippen molar-refractivity contribution in [2.75, 3.05) is 0 Å². The van der Waals surface area contributed by atoms with Crippen molar-refractivity contribution in [3.8, 4) is 0 Å². The predicted molar refractivity (Wildman–Crippen MR) is 74.2 cm³/mol. The first-order chi connectivity index (χ1) is 9.08. The average molecular weight is 259 g/mol. The molecule has 0 aromatic heterocycles. The molecule has 0 heterocycles. The minimum atomic E-state index is -0.792. The van der Waals surface area contributed by atoms with Crippen LogP contribution in [0.5, 0.6) is 0 Å². The largest absolute Gasteiger partial charge is 0.387 e. The van der Waals surface area contributed by atoms with Crippen molar-refractivity contribution in [2.24, 2.45) is 5.73 Å². The molecule has 2 atom stereocenters. The molecule has 0 spiro atoms. The van der Waals surface area contributed by atoms with Gasteiger partial charge in [0.2, 0.25) is 0 Å². The topological polar surface area (TPSA) is 46.2 Å². The minimum Gasteiger partial charge on any atom is -0.387 e. The zero-order chi connectivity index (χ0) is 13.8. The van der Waals surface area contributed by atoms with Gasteiger partial charge in [0.25, 0.3) is 0 Å². The van der Waals surface area contributed by atoms with Gasteiger partial charge in [-0.2, -0.15) is 0 Å². The third-order valence-corrected chi connectivity index (χ3v) is 3.24. The Kier molecular flexibility index (Phi) is 4.30. The minimum absolute atomic E-state index is 0.271. The van der Waals surface area contributed by atoms with Crippen LogP contribution < -0.4 is 5.73 Å². The Labute approximate surface area is 112 Å². The van der Waals surface area contributed by atoms with Gasteiger partial charge < -0.3 is 10.8 Å². The van der Waals surface area contributed by atoms with E-state index in [-0.39, 0.29) is 5.82 Å². The number of halogens is 1. The average Bonchev–Trinajstić information content (AvgIpc) is 2.42. The lowest BCUT2D eigenvalue weighted by molar-refractivity contribution is 0.146. The van der Waals surface area contributed by atoms with Crippen molar-refractivity contribution in [3.05, 3.63) is 71.0 Å². The van der Waals surface area contributed by atoms with Gasteiger partial charge in [-0.15, -0.1) is 0 Å². The van der Waals surface area contributed by atoms with Crippen molar-refractivity contribution in [2.45, 2.75) is 25.5 Å². The molecule has 0 bridgehead atoms. The summed E-state index contributed by atoms with van der Waals surface area (Å²) >= 11 is 0. The van der Waals surface area contributed by atoms with Crippen LogP contribution in [0.2, 0.25) is 0 Å². The molecule has 19 heavy (non-hydrogen) atoms. The maximum absolute atomic E-state index is 13.2. The van der Waals surface area contributed by atoms with Gasteiger partial charge in [0.1, 0.15) is 5.82 Å².